The van der Waals surface area contributed by atoms with Gasteiger partial charge in [-0.3, -0.25) is 4.90 Å². The lowest BCUT2D eigenvalue weighted by atomic mass is 10.0. The van der Waals surface area contributed by atoms with Crippen molar-refractivity contribution in [3.8, 4) is 11.3 Å². The number of nitrogens with zero attached hydrogens (tertiary/aromatic N) is 3. The van der Waals surface area contributed by atoms with Gasteiger partial charge in [0.2, 0.25) is 0 Å². The summed E-state index contributed by atoms with van der Waals surface area (Å²) in [6.45, 7) is 3.59. The molecule has 0 amide bonds. The SMILES string of the molecule is Cc1cc(N[C@@H]2CCCN(CCF)C2)nnc1-c1ccc(C(F)(F)F)cc1. The van der Waals surface area contributed by atoms with Crippen molar-refractivity contribution >= 4 is 5.82 Å². The largest absolute Gasteiger partial charge is 0.416 e. The highest BCUT2D eigenvalue weighted by Crippen LogP contribution is 2.31. The van der Waals surface area contributed by atoms with Crippen molar-refractivity contribution in [1.29, 1.82) is 0 Å². The zero-order chi connectivity index (χ0) is 19.4. The molecule has 4 nitrogen and oxygen atoms in total. The number of aryl methyl sites for hydroxylation is 1. The monoisotopic (exact) mass is 382 g/mol. The lowest BCUT2D eigenvalue weighted by Gasteiger charge is -2.32. The Morgan fingerprint density at radius 3 is 2.56 bits per heavy atom. The van der Waals surface area contributed by atoms with Crippen LogP contribution in [0.3, 0.4) is 0 Å². The highest BCUT2D eigenvalue weighted by atomic mass is 19.4. The number of alkyl halides is 4. The van der Waals surface area contributed by atoms with Crippen LogP contribution in [0.2, 0.25) is 0 Å². The summed E-state index contributed by atoms with van der Waals surface area (Å²) in [4.78, 5) is 2.08. The number of halogens is 4. The van der Waals surface area contributed by atoms with Crippen LogP contribution in [0.1, 0.15) is 24.0 Å². The second kappa shape index (κ2) is 8.21. The van der Waals surface area contributed by atoms with Crippen molar-refractivity contribution in [2.45, 2.75) is 32.0 Å². The van der Waals surface area contributed by atoms with Crippen molar-refractivity contribution in [1.82, 2.24) is 15.1 Å². The molecule has 1 aliphatic heterocycles. The predicted octanol–water partition coefficient (Wildman–Crippen LogP) is 4.32. The van der Waals surface area contributed by atoms with Gasteiger partial charge in [0.1, 0.15) is 12.5 Å². The van der Waals surface area contributed by atoms with Crippen molar-refractivity contribution in [2.24, 2.45) is 0 Å². The highest BCUT2D eigenvalue weighted by Gasteiger charge is 2.30. The van der Waals surface area contributed by atoms with Gasteiger partial charge in [0.25, 0.3) is 0 Å². The van der Waals surface area contributed by atoms with Crippen LogP contribution in [-0.4, -0.2) is 47.4 Å². The molecule has 3 rings (SSSR count). The van der Waals surface area contributed by atoms with Crippen LogP contribution in [0.15, 0.2) is 30.3 Å². The van der Waals surface area contributed by atoms with E-state index >= 15 is 0 Å². The summed E-state index contributed by atoms with van der Waals surface area (Å²) in [7, 11) is 0. The summed E-state index contributed by atoms with van der Waals surface area (Å²) < 4.78 is 50.6. The van der Waals surface area contributed by atoms with Gasteiger partial charge >= 0.3 is 6.18 Å². The molecule has 1 fully saturated rings. The second-order valence-corrected chi connectivity index (χ2v) is 6.81. The Kier molecular flexibility index (Phi) is 5.94. The fourth-order valence-corrected chi connectivity index (χ4v) is 3.36. The summed E-state index contributed by atoms with van der Waals surface area (Å²) in [6.07, 6.45) is -2.39. The first-order valence-corrected chi connectivity index (χ1v) is 8.93. The molecule has 2 aromatic rings. The van der Waals surface area contributed by atoms with Gasteiger partial charge in [0.05, 0.1) is 11.3 Å². The Balaban J connectivity index is 1.70. The number of benzene rings is 1. The molecule has 1 aromatic heterocycles. The van der Waals surface area contributed by atoms with Gasteiger partial charge in [-0.05, 0) is 50.1 Å². The number of piperidine rings is 1. The topological polar surface area (TPSA) is 41.0 Å². The Labute approximate surface area is 155 Å². The van der Waals surface area contributed by atoms with Crippen LogP contribution in [0.4, 0.5) is 23.4 Å². The number of anilines is 1. The van der Waals surface area contributed by atoms with E-state index in [9.17, 15) is 17.6 Å². The third-order valence-corrected chi connectivity index (χ3v) is 4.73. The maximum atomic E-state index is 12.7. The molecule has 1 atom stereocenters. The van der Waals surface area contributed by atoms with Crippen LogP contribution in [0, 0.1) is 6.92 Å². The van der Waals surface area contributed by atoms with Crippen LogP contribution < -0.4 is 5.32 Å². The molecular formula is C19H22F4N4. The molecule has 1 N–H and O–H groups in total. The minimum atomic E-state index is -4.36. The highest BCUT2D eigenvalue weighted by molar-refractivity contribution is 5.64. The third-order valence-electron chi connectivity index (χ3n) is 4.73. The van der Waals surface area contributed by atoms with Crippen molar-refractivity contribution in [3.05, 3.63) is 41.5 Å². The minimum absolute atomic E-state index is 0.177. The Hall–Kier alpha value is -2.22. The maximum absolute atomic E-state index is 12.7. The second-order valence-electron chi connectivity index (χ2n) is 6.81. The van der Waals surface area contributed by atoms with E-state index in [-0.39, 0.29) is 12.7 Å². The molecular weight excluding hydrogens is 360 g/mol. The van der Waals surface area contributed by atoms with Crippen molar-refractivity contribution in [3.63, 3.8) is 0 Å². The van der Waals surface area contributed by atoms with E-state index in [4.69, 9.17) is 0 Å². The average Bonchev–Trinajstić information content (AvgIpc) is 2.62. The van der Waals surface area contributed by atoms with E-state index in [0.717, 1.165) is 43.6 Å². The van der Waals surface area contributed by atoms with Gasteiger partial charge in [0.15, 0.2) is 0 Å². The Morgan fingerprint density at radius 2 is 1.93 bits per heavy atom. The number of likely N-dealkylation sites (tertiary alicyclic amines) is 1. The molecule has 0 spiro atoms. The van der Waals surface area contributed by atoms with E-state index in [0.29, 0.717) is 23.6 Å². The summed E-state index contributed by atoms with van der Waals surface area (Å²) in [5, 5.41) is 11.7. The molecule has 0 bridgehead atoms. The van der Waals surface area contributed by atoms with Gasteiger partial charge < -0.3 is 5.32 Å². The number of aromatic nitrogens is 2. The minimum Gasteiger partial charge on any atom is -0.365 e. The van der Waals surface area contributed by atoms with Crippen LogP contribution in [-0.2, 0) is 6.18 Å². The first-order chi connectivity index (χ1) is 12.9. The predicted molar refractivity (Wildman–Crippen MR) is 96.3 cm³/mol. The van der Waals surface area contributed by atoms with Gasteiger partial charge in [0, 0.05) is 24.7 Å². The molecule has 146 valence electrons. The molecule has 1 saturated heterocycles. The van der Waals surface area contributed by atoms with E-state index in [1.807, 2.05) is 13.0 Å². The van der Waals surface area contributed by atoms with Crippen molar-refractivity contribution in [2.75, 3.05) is 31.6 Å². The Bertz CT molecular complexity index is 759. The summed E-state index contributed by atoms with van der Waals surface area (Å²) >= 11 is 0. The summed E-state index contributed by atoms with van der Waals surface area (Å²) in [6, 6.07) is 6.92. The first-order valence-electron chi connectivity index (χ1n) is 8.93. The maximum Gasteiger partial charge on any atom is 0.416 e. The van der Waals surface area contributed by atoms with Gasteiger partial charge in [-0.15, -0.1) is 10.2 Å². The number of hydrogen-bond donors (Lipinski definition) is 1. The molecule has 2 heterocycles. The smallest absolute Gasteiger partial charge is 0.365 e. The first kappa shape index (κ1) is 19.5. The fraction of sp³-hybridized carbons (Fsp3) is 0.474. The normalized spacial score (nSPS) is 18.5. The number of nitrogens with one attached hydrogen (secondary N) is 1. The third kappa shape index (κ3) is 4.94. The standard InChI is InChI=1S/C19H22F4N4/c1-13-11-17(24-16-3-2-9-27(12-16)10-8-20)25-26-18(13)14-4-6-15(7-5-14)19(21,22)23/h4-7,11,16H,2-3,8-10,12H2,1H3,(H,24,25)/t16-/m1/s1. The molecule has 0 unspecified atom stereocenters. The van der Waals surface area contributed by atoms with E-state index < -0.39 is 11.7 Å². The van der Waals surface area contributed by atoms with E-state index in [1.165, 1.54) is 12.1 Å². The zero-order valence-corrected chi connectivity index (χ0v) is 15.1. The lowest BCUT2D eigenvalue weighted by molar-refractivity contribution is -0.137. The summed E-state index contributed by atoms with van der Waals surface area (Å²) in [5.74, 6) is 0.621. The molecule has 1 aliphatic rings. The zero-order valence-electron chi connectivity index (χ0n) is 15.1. The fourth-order valence-electron chi connectivity index (χ4n) is 3.36. The van der Waals surface area contributed by atoms with Gasteiger partial charge in [-0.25, -0.2) is 4.39 Å². The molecule has 0 aliphatic carbocycles. The van der Waals surface area contributed by atoms with Gasteiger partial charge in [-0.1, -0.05) is 12.1 Å². The molecule has 27 heavy (non-hydrogen) atoms. The lowest BCUT2D eigenvalue weighted by Crippen LogP contribution is -2.43. The van der Waals surface area contributed by atoms with Crippen molar-refractivity contribution < 1.29 is 17.6 Å². The molecule has 1 aromatic carbocycles. The van der Waals surface area contributed by atoms with Crippen LogP contribution in [0.5, 0.6) is 0 Å². The van der Waals surface area contributed by atoms with Crippen LogP contribution >= 0.6 is 0 Å². The van der Waals surface area contributed by atoms with Crippen LogP contribution in [0.25, 0.3) is 11.3 Å². The quantitative estimate of drug-likeness (QED) is 0.782. The van der Waals surface area contributed by atoms with E-state index in [2.05, 4.69) is 20.4 Å². The average molecular weight is 382 g/mol. The Morgan fingerprint density at radius 1 is 1.19 bits per heavy atom. The van der Waals surface area contributed by atoms with Gasteiger partial charge in [-0.2, -0.15) is 13.2 Å². The summed E-state index contributed by atoms with van der Waals surface area (Å²) in [5.41, 5.74) is 1.28. The molecule has 0 saturated carbocycles. The number of rotatable bonds is 5. The number of hydrogen-bond acceptors (Lipinski definition) is 4. The van der Waals surface area contributed by atoms with E-state index in [1.54, 1.807) is 0 Å². The molecule has 0 radical (unpaired) electrons. The molecule has 8 heteroatoms.